The number of hydrogen-bond acceptors (Lipinski definition) is 6. The van der Waals surface area contributed by atoms with Gasteiger partial charge in [-0.1, -0.05) is 0 Å². The highest BCUT2D eigenvalue weighted by Crippen LogP contribution is 2.44. The van der Waals surface area contributed by atoms with E-state index in [1.807, 2.05) is 6.07 Å². The number of pyridine rings is 2. The average molecular weight is 345 g/mol. The molecule has 7 heteroatoms. The van der Waals surface area contributed by atoms with Gasteiger partial charge in [-0.05, 0) is 37.8 Å². The molecule has 134 valence electrons. The summed E-state index contributed by atoms with van der Waals surface area (Å²) >= 11 is 0. The van der Waals surface area contributed by atoms with E-state index in [9.17, 15) is 9.90 Å². The van der Waals surface area contributed by atoms with Gasteiger partial charge < -0.3 is 20.3 Å². The largest absolute Gasteiger partial charge is 0.481 e. The quantitative estimate of drug-likeness (QED) is 0.850. The molecule has 3 N–H and O–H groups in total. The molecule has 2 aromatic rings. The topological polar surface area (TPSA) is 99.6 Å². The minimum Gasteiger partial charge on any atom is -0.481 e. The predicted molar refractivity (Wildman–Crippen MR) is 92.6 cm³/mol. The van der Waals surface area contributed by atoms with Crippen molar-refractivity contribution in [1.82, 2.24) is 9.55 Å². The van der Waals surface area contributed by atoms with E-state index < -0.39 is 11.7 Å². The lowest BCUT2D eigenvalue weighted by atomic mass is 9.69. The Balaban J connectivity index is 1.68. The van der Waals surface area contributed by atoms with E-state index >= 15 is 0 Å². The molecule has 7 nitrogen and oxygen atoms in total. The van der Waals surface area contributed by atoms with Gasteiger partial charge in [-0.15, -0.1) is 0 Å². The fraction of sp³-hybridized carbons (Fsp3) is 0.556. The summed E-state index contributed by atoms with van der Waals surface area (Å²) in [6.07, 6.45) is 2.29. The van der Waals surface area contributed by atoms with Crippen LogP contribution in [0.3, 0.4) is 0 Å². The van der Waals surface area contributed by atoms with Gasteiger partial charge in [0.2, 0.25) is 5.88 Å². The van der Waals surface area contributed by atoms with E-state index in [0.717, 1.165) is 18.2 Å². The molecule has 25 heavy (non-hydrogen) atoms. The Bertz CT molecular complexity index is 838. The van der Waals surface area contributed by atoms with Gasteiger partial charge in [-0.3, -0.25) is 9.36 Å². The van der Waals surface area contributed by atoms with Crippen molar-refractivity contribution in [1.29, 1.82) is 0 Å². The Labute approximate surface area is 145 Å². The summed E-state index contributed by atoms with van der Waals surface area (Å²) in [7, 11) is 1.53. The molecule has 1 saturated carbocycles. The Morgan fingerprint density at radius 2 is 2.04 bits per heavy atom. The third kappa shape index (κ3) is 2.72. The average Bonchev–Trinajstić information content (AvgIpc) is 2.64. The molecule has 1 atom stereocenters. The fourth-order valence-electron chi connectivity index (χ4n) is 3.95. The van der Waals surface area contributed by atoms with E-state index in [1.54, 1.807) is 12.1 Å². The molecule has 2 aliphatic heterocycles. The molecule has 2 aromatic heterocycles. The van der Waals surface area contributed by atoms with Crippen LogP contribution in [0.2, 0.25) is 0 Å². The van der Waals surface area contributed by atoms with Crippen molar-refractivity contribution >= 4 is 11.0 Å². The minimum absolute atomic E-state index is 0.133. The van der Waals surface area contributed by atoms with Crippen molar-refractivity contribution in [3.63, 3.8) is 0 Å². The third-order valence-corrected chi connectivity index (χ3v) is 5.72. The highest BCUT2D eigenvalue weighted by molar-refractivity contribution is 5.75. The van der Waals surface area contributed by atoms with Crippen LogP contribution in [-0.4, -0.2) is 45.6 Å². The number of aliphatic hydroxyl groups is 1. The van der Waals surface area contributed by atoms with Gasteiger partial charge in [0.15, 0.2) is 0 Å². The second-order valence-corrected chi connectivity index (χ2v) is 7.28. The van der Waals surface area contributed by atoms with Crippen LogP contribution in [0.25, 0.3) is 11.0 Å². The van der Waals surface area contributed by atoms with Gasteiger partial charge in [0, 0.05) is 23.1 Å². The molecule has 4 heterocycles. The minimum atomic E-state index is -0.798. The molecule has 0 radical (unpaired) electrons. The molecule has 0 aromatic carbocycles. The van der Waals surface area contributed by atoms with Crippen LogP contribution in [0.5, 0.6) is 5.88 Å². The van der Waals surface area contributed by atoms with Crippen LogP contribution < -0.4 is 16.0 Å². The second-order valence-electron chi connectivity index (χ2n) is 7.28. The maximum atomic E-state index is 12.4. The van der Waals surface area contributed by atoms with Crippen LogP contribution in [0.1, 0.15) is 25.7 Å². The van der Waals surface area contributed by atoms with Gasteiger partial charge >= 0.3 is 0 Å². The lowest BCUT2D eigenvalue weighted by Crippen LogP contribution is -2.64. The summed E-state index contributed by atoms with van der Waals surface area (Å²) in [5.74, 6) is 0.430. The zero-order chi connectivity index (χ0) is 17.7. The summed E-state index contributed by atoms with van der Waals surface area (Å²) in [6, 6.07) is 6.82. The first-order chi connectivity index (χ1) is 11.9. The monoisotopic (exact) mass is 345 g/mol. The number of aliphatic hydroxyl groups excluding tert-OH is 1. The first-order valence-electron chi connectivity index (χ1n) is 8.60. The van der Waals surface area contributed by atoms with E-state index in [-0.39, 0.29) is 17.6 Å². The Morgan fingerprint density at radius 1 is 1.32 bits per heavy atom. The molecule has 2 saturated heterocycles. The number of hydrogen-bond donors (Lipinski definition) is 2. The van der Waals surface area contributed by atoms with Gasteiger partial charge in [0.05, 0.1) is 25.9 Å². The lowest BCUT2D eigenvalue weighted by Gasteiger charge is -2.53. The number of methoxy groups -OCH3 is 1. The van der Waals surface area contributed by atoms with E-state index in [2.05, 4.69) is 4.98 Å². The van der Waals surface area contributed by atoms with E-state index in [4.69, 9.17) is 15.2 Å². The van der Waals surface area contributed by atoms with Crippen LogP contribution >= 0.6 is 0 Å². The highest BCUT2D eigenvalue weighted by atomic mass is 16.5. The van der Waals surface area contributed by atoms with Crippen LogP contribution in [0.15, 0.2) is 29.1 Å². The Hall–Kier alpha value is -1.96. The Morgan fingerprint density at radius 3 is 2.68 bits per heavy atom. The smallest absolute Gasteiger partial charge is 0.252 e. The molecule has 3 fully saturated rings. The molecule has 1 aliphatic carbocycles. The number of ether oxygens (including phenoxy) is 2. The molecule has 0 amide bonds. The van der Waals surface area contributed by atoms with Crippen molar-refractivity contribution in [3.05, 3.63) is 34.6 Å². The zero-order valence-electron chi connectivity index (χ0n) is 14.3. The van der Waals surface area contributed by atoms with E-state index in [1.165, 1.54) is 17.7 Å². The second kappa shape index (κ2) is 5.79. The van der Waals surface area contributed by atoms with Crippen molar-refractivity contribution in [3.8, 4) is 5.88 Å². The third-order valence-electron chi connectivity index (χ3n) is 5.72. The van der Waals surface area contributed by atoms with Crippen LogP contribution in [-0.2, 0) is 11.3 Å². The van der Waals surface area contributed by atoms with Gasteiger partial charge in [-0.2, -0.15) is 4.98 Å². The SMILES string of the molecule is COc1ccc2ccc(=O)n(CC(O)C34CCC(N)(CC3)CO4)c2n1. The summed E-state index contributed by atoms with van der Waals surface area (Å²) in [4.78, 5) is 16.8. The van der Waals surface area contributed by atoms with Crippen molar-refractivity contribution in [2.75, 3.05) is 13.7 Å². The number of aromatic nitrogens is 2. The van der Waals surface area contributed by atoms with E-state index in [0.29, 0.717) is 31.0 Å². The fourth-order valence-corrected chi connectivity index (χ4v) is 3.95. The van der Waals surface area contributed by atoms with Gasteiger partial charge in [-0.25, -0.2) is 0 Å². The van der Waals surface area contributed by atoms with Gasteiger partial charge in [0.25, 0.3) is 5.56 Å². The van der Waals surface area contributed by atoms with Crippen molar-refractivity contribution in [2.24, 2.45) is 5.73 Å². The van der Waals surface area contributed by atoms with Crippen molar-refractivity contribution in [2.45, 2.75) is 49.5 Å². The molecular formula is C18H23N3O4. The lowest BCUT2D eigenvalue weighted by molar-refractivity contribution is -0.204. The normalized spacial score (nSPS) is 29.7. The molecule has 3 aliphatic rings. The molecule has 5 rings (SSSR count). The van der Waals surface area contributed by atoms with Crippen LogP contribution in [0, 0.1) is 0 Å². The summed E-state index contributed by atoms with van der Waals surface area (Å²) in [5, 5.41) is 11.7. The number of rotatable bonds is 4. The van der Waals surface area contributed by atoms with Crippen LogP contribution in [0.4, 0.5) is 0 Å². The maximum Gasteiger partial charge on any atom is 0.252 e. The standard InChI is InChI=1S/C18H23N3O4/c1-24-14-4-2-12-3-5-15(23)21(16(12)20-14)10-13(22)18-8-6-17(19,7-9-18)11-25-18/h2-5,13,22H,6-11,19H2,1H3. The van der Waals surface area contributed by atoms with Crippen molar-refractivity contribution < 1.29 is 14.6 Å². The maximum absolute atomic E-state index is 12.4. The summed E-state index contributed by atoms with van der Waals surface area (Å²) in [6.45, 7) is 0.592. The predicted octanol–water partition coefficient (Wildman–Crippen LogP) is 0.806. The highest BCUT2D eigenvalue weighted by Gasteiger charge is 2.51. The number of nitrogens with zero attached hydrogens (tertiary/aromatic N) is 2. The zero-order valence-corrected chi connectivity index (χ0v) is 14.3. The number of fused-ring (bicyclic) bond motifs is 4. The first kappa shape index (κ1) is 16.5. The molecular weight excluding hydrogens is 322 g/mol. The first-order valence-corrected chi connectivity index (χ1v) is 8.60. The summed E-state index contributed by atoms with van der Waals surface area (Å²) < 4.78 is 12.6. The molecule has 2 bridgehead atoms. The summed E-state index contributed by atoms with van der Waals surface area (Å²) in [5.41, 5.74) is 5.67. The number of nitrogens with two attached hydrogens (primary N) is 1. The Kier molecular flexibility index (Phi) is 3.82. The van der Waals surface area contributed by atoms with Gasteiger partial charge in [0.1, 0.15) is 11.8 Å². The molecule has 1 unspecified atom stereocenters. The molecule has 0 spiro atoms.